The molecule has 0 heterocycles. The third-order valence-electron chi connectivity index (χ3n) is 4.10. The van der Waals surface area contributed by atoms with Crippen LogP contribution in [-0.2, 0) is 13.0 Å². The minimum atomic E-state index is 0. The van der Waals surface area contributed by atoms with E-state index < -0.39 is 0 Å². The molecule has 28 heavy (non-hydrogen) atoms. The van der Waals surface area contributed by atoms with Crippen LogP contribution in [0.5, 0.6) is 17.2 Å². The highest BCUT2D eigenvalue weighted by Gasteiger charge is 2.15. The zero-order valence-corrected chi connectivity index (χ0v) is 19.6. The lowest BCUT2D eigenvalue weighted by Gasteiger charge is -2.17. The molecule has 2 aromatic rings. The number of aliphatic imine (C=N–C) groups is 1. The summed E-state index contributed by atoms with van der Waals surface area (Å²) in [4.78, 5) is 4.25. The van der Waals surface area contributed by atoms with E-state index in [1.807, 2.05) is 36.4 Å². The second kappa shape index (κ2) is 12.6. The van der Waals surface area contributed by atoms with E-state index in [1.54, 1.807) is 28.4 Å². The summed E-state index contributed by atoms with van der Waals surface area (Å²) in [5.74, 6) is 2.52. The Hall–Kier alpha value is -1.87. The smallest absolute Gasteiger partial charge is 0.203 e. The normalized spacial score (nSPS) is 10.7. The summed E-state index contributed by atoms with van der Waals surface area (Å²) in [7, 11) is 6.53. The van der Waals surface area contributed by atoms with Gasteiger partial charge in [0.2, 0.25) is 5.75 Å². The van der Waals surface area contributed by atoms with Gasteiger partial charge in [-0.05, 0) is 30.2 Å². The van der Waals surface area contributed by atoms with Crippen molar-refractivity contribution in [3.8, 4) is 17.2 Å². The van der Waals surface area contributed by atoms with E-state index in [1.165, 1.54) is 0 Å². The molecular weight excluding hydrogens is 493 g/mol. The summed E-state index contributed by atoms with van der Waals surface area (Å²) in [5.41, 5.74) is 2.04. The standard InChI is InChI=1S/C20H26ClN3O3.HI/c1-22-20(23-12-11-14-7-5-6-8-16(14)21)24-13-15-9-10-17(25-2)19(27-4)18(15)26-3;/h5-10H,11-13H2,1-4H3,(H2,22,23,24);1H. The van der Waals surface area contributed by atoms with Crippen LogP contribution >= 0.6 is 35.6 Å². The van der Waals surface area contributed by atoms with Crippen molar-refractivity contribution in [1.29, 1.82) is 0 Å². The average Bonchev–Trinajstić information content (AvgIpc) is 2.70. The molecule has 0 aliphatic carbocycles. The average molecular weight is 520 g/mol. The first-order valence-corrected chi connectivity index (χ1v) is 8.98. The fourth-order valence-corrected chi connectivity index (χ4v) is 2.95. The Morgan fingerprint density at radius 2 is 1.64 bits per heavy atom. The molecule has 0 radical (unpaired) electrons. The summed E-state index contributed by atoms with van der Waals surface area (Å²) in [6.07, 6.45) is 0.806. The summed E-state index contributed by atoms with van der Waals surface area (Å²) in [6.45, 7) is 1.24. The summed E-state index contributed by atoms with van der Waals surface area (Å²) in [5, 5.41) is 7.34. The molecule has 2 N–H and O–H groups in total. The molecule has 0 atom stereocenters. The van der Waals surface area contributed by atoms with E-state index in [0.717, 1.165) is 22.6 Å². The Morgan fingerprint density at radius 1 is 0.929 bits per heavy atom. The number of hydrogen-bond donors (Lipinski definition) is 2. The van der Waals surface area contributed by atoms with Crippen molar-refractivity contribution in [2.45, 2.75) is 13.0 Å². The Kier molecular flexibility index (Phi) is 10.8. The van der Waals surface area contributed by atoms with Crippen LogP contribution in [0.2, 0.25) is 5.02 Å². The minimum absolute atomic E-state index is 0. The molecular formula is C20H27ClIN3O3. The molecule has 2 rings (SSSR count). The molecule has 6 nitrogen and oxygen atoms in total. The van der Waals surface area contributed by atoms with Crippen molar-refractivity contribution in [3.63, 3.8) is 0 Å². The maximum Gasteiger partial charge on any atom is 0.203 e. The number of hydrogen-bond acceptors (Lipinski definition) is 4. The highest BCUT2D eigenvalue weighted by Crippen LogP contribution is 2.39. The Bertz CT molecular complexity index is 787. The lowest BCUT2D eigenvalue weighted by atomic mass is 10.1. The van der Waals surface area contributed by atoms with E-state index in [4.69, 9.17) is 25.8 Å². The van der Waals surface area contributed by atoms with Crippen LogP contribution in [0.3, 0.4) is 0 Å². The van der Waals surface area contributed by atoms with Crippen molar-refractivity contribution < 1.29 is 14.2 Å². The molecule has 0 spiro atoms. The SMILES string of the molecule is CN=C(NCCc1ccccc1Cl)NCc1ccc(OC)c(OC)c1OC.I. The van der Waals surface area contributed by atoms with Crippen molar-refractivity contribution in [2.24, 2.45) is 4.99 Å². The van der Waals surface area contributed by atoms with Gasteiger partial charge in [0.25, 0.3) is 0 Å². The summed E-state index contributed by atoms with van der Waals surface area (Å²) < 4.78 is 16.2. The molecule has 0 saturated carbocycles. The maximum atomic E-state index is 6.19. The summed E-state index contributed by atoms with van der Waals surface area (Å²) >= 11 is 6.19. The number of nitrogens with one attached hydrogen (secondary N) is 2. The van der Waals surface area contributed by atoms with Gasteiger partial charge in [0, 0.05) is 30.7 Å². The van der Waals surface area contributed by atoms with E-state index in [2.05, 4.69) is 15.6 Å². The van der Waals surface area contributed by atoms with Gasteiger partial charge in [0.05, 0.1) is 21.3 Å². The first-order chi connectivity index (χ1) is 13.1. The Labute approximate surface area is 188 Å². The number of halogens is 2. The molecule has 0 saturated heterocycles. The molecule has 0 fully saturated rings. The quantitative estimate of drug-likeness (QED) is 0.315. The second-order valence-electron chi connectivity index (χ2n) is 5.69. The number of nitrogens with zero attached hydrogens (tertiary/aromatic N) is 1. The van der Waals surface area contributed by atoms with E-state index >= 15 is 0 Å². The van der Waals surface area contributed by atoms with Gasteiger partial charge in [0.1, 0.15) is 0 Å². The van der Waals surface area contributed by atoms with Gasteiger partial charge >= 0.3 is 0 Å². The van der Waals surface area contributed by atoms with E-state index in [-0.39, 0.29) is 24.0 Å². The van der Waals surface area contributed by atoms with E-state index in [9.17, 15) is 0 Å². The van der Waals surface area contributed by atoms with Gasteiger partial charge in [-0.15, -0.1) is 24.0 Å². The number of methoxy groups -OCH3 is 3. The van der Waals surface area contributed by atoms with Gasteiger partial charge in [-0.2, -0.15) is 0 Å². The number of rotatable bonds is 8. The lowest BCUT2D eigenvalue weighted by Crippen LogP contribution is -2.38. The fraction of sp³-hybridized carbons (Fsp3) is 0.350. The van der Waals surface area contributed by atoms with Crippen LogP contribution in [0.15, 0.2) is 41.4 Å². The van der Waals surface area contributed by atoms with Crippen molar-refractivity contribution in [2.75, 3.05) is 34.9 Å². The van der Waals surface area contributed by atoms with Crippen molar-refractivity contribution >= 4 is 41.5 Å². The highest BCUT2D eigenvalue weighted by atomic mass is 127. The van der Waals surface area contributed by atoms with Crippen molar-refractivity contribution in [3.05, 3.63) is 52.5 Å². The fourth-order valence-electron chi connectivity index (χ4n) is 2.72. The minimum Gasteiger partial charge on any atom is -0.493 e. The third-order valence-corrected chi connectivity index (χ3v) is 4.47. The second-order valence-corrected chi connectivity index (χ2v) is 6.09. The maximum absolute atomic E-state index is 6.19. The number of ether oxygens (including phenoxy) is 3. The zero-order chi connectivity index (χ0) is 19.6. The predicted octanol–water partition coefficient (Wildman–Crippen LogP) is 3.89. The number of benzene rings is 2. The first-order valence-electron chi connectivity index (χ1n) is 8.60. The molecule has 0 aromatic heterocycles. The van der Waals surface area contributed by atoms with Crippen LogP contribution in [0.1, 0.15) is 11.1 Å². The van der Waals surface area contributed by atoms with Crippen LogP contribution in [0.4, 0.5) is 0 Å². The molecule has 0 aliphatic heterocycles. The number of guanidine groups is 1. The van der Waals surface area contributed by atoms with E-state index in [0.29, 0.717) is 36.3 Å². The van der Waals surface area contributed by atoms with Gasteiger partial charge in [-0.25, -0.2) is 0 Å². The highest BCUT2D eigenvalue weighted by molar-refractivity contribution is 14.0. The Balaban J connectivity index is 0.00000392. The summed E-state index contributed by atoms with van der Waals surface area (Å²) in [6, 6.07) is 11.6. The van der Waals surface area contributed by atoms with Gasteiger partial charge in [-0.1, -0.05) is 29.8 Å². The molecule has 0 bridgehead atoms. The van der Waals surface area contributed by atoms with Crippen LogP contribution in [0.25, 0.3) is 0 Å². The van der Waals surface area contributed by atoms with Gasteiger partial charge in [0.15, 0.2) is 17.5 Å². The molecule has 2 aromatic carbocycles. The predicted molar refractivity (Wildman–Crippen MR) is 125 cm³/mol. The van der Waals surface area contributed by atoms with Gasteiger partial charge < -0.3 is 24.8 Å². The van der Waals surface area contributed by atoms with Crippen LogP contribution < -0.4 is 24.8 Å². The van der Waals surface area contributed by atoms with Crippen LogP contribution in [0, 0.1) is 0 Å². The lowest BCUT2D eigenvalue weighted by molar-refractivity contribution is 0.322. The molecule has 154 valence electrons. The zero-order valence-electron chi connectivity index (χ0n) is 16.5. The van der Waals surface area contributed by atoms with Crippen LogP contribution in [-0.4, -0.2) is 40.9 Å². The van der Waals surface area contributed by atoms with Gasteiger partial charge in [-0.3, -0.25) is 4.99 Å². The third kappa shape index (κ3) is 6.34. The molecule has 0 amide bonds. The molecule has 0 unspecified atom stereocenters. The molecule has 8 heteroatoms. The Morgan fingerprint density at radius 3 is 2.25 bits per heavy atom. The largest absolute Gasteiger partial charge is 0.493 e. The monoisotopic (exact) mass is 519 g/mol. The van der Waals surface area contributed by atoms with Crippen molar-refractivity contribution in [1.82, 2.24) is 10.6 Å². The topological polar surface area (TPSA) is 64.1 Å². The first kappa shape index (κ1) is 24.2. The molecule has 0 aliphatic rings.